The molecule has 0 N–H and O–H groups in total. The number of hydrogen-bond donors (Lipinski definition) is 0. The highest BCUT2D eigenvalue weighted by atomic mass is 79.9. The van der Waals surface area contributed by atoms with E-state index in [9.17, 15) is 4.79 Å². The Labute approximate surface area is 110 Å². The number of thioether (sulfide) groups is 1. The molecule has 0 unspecified atom stereocenters. The Morgan fingerprint density at radius 3 is 2.44 bits per heavy atom. The van der Waals surface area contributed by atoms with E-state index >= 15 is 0 Å². The lowest BCUT2D eigenvalue weighted by Crippen LogP contribution is -1.89. The first-order valence-corrected chi connectivity index (χ1v) is 6.37. The molecule has 82 valence electrons. The molecule has 2 rings (SSSR count). The number of benzene rings is 1. The molecular formula is C11H6BrClO2S. The van der Waals surface area contributed by atoms with Gasteiger partial charge in [0, 0.05) is 9.92 Å². The van der Waals surface area contributed by atoms with E-state index in [0.29, 0.717) is 15.5 Å². The summed E-state index contributed by atoms with van der Waals surface area (Å²) in [4.78, 5) is 12.6. The van der Waals surface area contributed by atoms with Gasteiger partial charge in [-0.15, -0.1) is 0 Å². The molecule has 0 amide bonds. The predicted molar refractivity (Wildman–Crippen MR) is 68.0 cm³/mol. The molecule has 0 aliphatic heterocycles. The molecule has 0 saturated heterocycles. The summed E-state index contributed by atoms with van der Waals surface area (Å²) >= 11 is 10.0. The Kier molecular flexibility index (Phi) is 3.74. The van der Waals surface area contributed by atoms with Gasteiger partial charge in [0.15, 0.2) is 10.4 Å². The summed E-state index contributed by atoms with van der Waals surface area (Å²) in [5.74, 6) is 0.326. The molecule has 2 nitrogen and oxygen atoms in total. The van der Waals surface area contributed by atoms with Crippen molar-refractivity contribution in [2.45, 2.75) is 4.90 Å². The second-order valence-electron chi connectivity index (χ2n) is 2.95. The molecular weight excluding hydrogens is 312 g/mol. The van der Waals surface area contributed by atoms with Gasteiger partial charge in [-0.2, -0.15) is 0 Å². The Morgan fingerprint density at radius 1 is 1.19 bits per heavy atom. The summed E-state index contributed by atoms with van der Waals surface area (Å²) in [6.45, 7) is 0. The molecule has 0 radical (unpaired) electrons. The van der Waals surface area contributed by atoms with Crippen molar-refractivity contribution in [3.8, 4) is 0 Å². The van der Waals surface area contributed by atoms with E-state index in [4.69, 9.17) is 16.0 Å². The van der Waals surface area contributed by atoms with E-state index < -0.39 is 0 Å². The van der Waals surface area contributed by atoms with Crippen molar-refractivity contribution in [2.75, 3.05) is 0 Å². The molecule has 0 atom stereocenters. The third-order valence-corrected chi connectivity index (χ3v) is 3.37. The van der Waals surface area contributed by atoms with Gasteiger partial charge in [0.2, 0.25) is 0 Å². The van der Waals surface area contributed by atoms with E-state index in [2.05, 4.69) is 15.9 Å². The largest absolute Gasteiger partial charge is 0.445 e. The van der Waals surface area contributed by atoms with Crippen LogP contribution in [0.2, 0.25) is 5.02 Å². The Bertz CT molecular complexity index is 507. The van der Waals surface area contributed by atoms with Crippen LogP contribution in [-0.4, -0.2) is 5.12 Å². The van der Waals surface area contributed by atoms with E-state index in [-0.39, 0.29) is 5.12 Å². The molecule has 2 aromatic rings. The standard InChI is InChI=1S/C11H6BrClO2S/c12-10-6-5-9(15-10)11(14)16-8-3-1-7(13)2-4-8/h1-6H. The lowest BCUT2D eigenvalue weighted by atomic mass is 10.4. The zero-order valence-corrected chi connectivity index (χ0v) is 11.1. The average molecular weight is 318 g/mol. The Balaban J connectivity index is 2.10. The highest BCUT2D eigenvalue weighted by Gasteiger charge is 2.12. The molecule has 16 heavy (non-hydrogen) atoms. The molecule has 0 spiro atoms. The van der Waals surface area contributed by atoms with Crippen LogP contribution in [0.5, 0.6) is 0 Å². The zero-order valence-electron chi connectivity index (χ0n) is 7.94. The number of rotatable bonds is 2. The maximum atomic E-state index is 11.7. The first-order chi connectivity index (χ1) is 7.65. The van der Waals surface area contributed by atoms with Crippen molar-refractivity contribution in [2.24, 2.45) is 0 Å². The molecule has 5 heteroatoms. The van der Waals surface area contributed by atoms with Gasteiger partial charge in [0.1, 0.15) is 0 Å². The van der Waals surface area contributed by atoms with E-state index in [1.54, 1.807) is 36.4 Å². The van der Waals surface area contributed by atoms with Gasteiger partial charge in [0.05, 0.1) is 0 Å². The summed E-state index contributed by atoms with van der Waals surface area (Å²) in [5.41, 5.74) is 0. The van der Waals surface area contributed by atoms with Crippen LogP contribution in [-0.2, 0) is 0 Å². The quantitative estimate of drug-likeness (QED) is 0.757. The number of halogens is 2. The van der Waals surface area contributed by atoms with E-state index in [0.717, 1.165) is 16.7 Å². The van der Waals surface area contributed by atoms with Gasteiger partial charge in [0.25, 0.3) is 5.12 Å². The van der Waals surface area contributed by atoms with E-state index in [1.165, 1.54) is 0 Å². The van der Waals surface area contributed by atoms with Crippen LogP contribution in [0.3, 0.4) is 0 Å². The van der Waals surface area contributed by atoms with Crippen molar-refractivity contribution < 1.29 is 9.21 Å². The summed E-state index contributed by atoms with van der Waals surface area (Å²) in [5, 5.41) is 0.519. The predicted octanol–water partition coefficient (Wildman–Crippen LogP) is 4.63. The molecule has 0 saturated carbocycles. The maximum absolute atomic E-state index is 11.7. The number of furan rings is 1. The molecule has 0 aliphatic carbocycles. The summed E-state index contributed by atoms with van der Waals surface area (Å²) in [6, 6.07) is 10.4. The highest BCUT2D eigenvalue weighted by Crippen LogP contribution is 2.26. The first kappa shape index (κ1) is 11.8. The minimum absolute atomic E-state index is 0.131. The van der Waals surface area contributed by atoms with Gasteiger partial charge < -0.3 is 4.42 Å². The fourth-order valence-corrected chi connectivity index (χ4v) is 2.21. The molecule has 1 heterocycles. The lowest BCUT2D eigenvalue weighted by Gasteiger charge is -1.98. The van der Waals surface area contributed by atoms with Gasteiger partial charge in [-0.3, -0.25) is 4.79 Å². The van der Waals surface area contributed by atoms with Gasteiger partial charge >= 0.3 is 0 Å². The molecule has 0 aliphatic rings. The van der Waals surface area contributed by atoms with Crippen molar-refractivity contribution in [1.29, 1.82) is 0 Å². The second-order valence-corrected chi connectivity index (χ2v) is 5.21. The number of carbonyl (C=O) groups excluding carboxylic acids is 1. The first-order valence-electron chi connectivity index (χ1n) is 4.38. The average Bonchev–Trinajstić information content (AvgIpc) is 2.68. The zero-order chi connectivity index (χ0) is 11.5. The second kappa shape index (κ2) is 5.08. The van der Waals surface area contributed by atoms with Crippen LogP contribution < -0.4 is 0 Å². The fourth-order valence-electron chi connectivity index (χ4n) is 1.08. The van der Waals surface area contributed by atoms with Crippen LogP contribution in [0.25, 0.3) is 0 Å². The normalized spacial score (nSPS) is 10.4. The lowest BCUT2D eigenvalue weighted by molar-refractivity contribution is 0.106. The SMILES string of the molecule is O=C(Sc1ccc(Cl)cc1)c1ccc(Br)o1. The topological polar surface area (TPSA) is 30.2 Å². The smallest absolute Gasteiger partial charge is 0.259 e. The van der Waals surface area contributed by atoms with Crippen molar-refractivity contribution in [1.82, 2.24) is 0 Å². The van der Waals surface area contributed by atoms with Crippen LogP contribution >= 0.6 is 39.3 Å². The van der Waals surface area contributed by atoms with Gasteiger partial charge in [-0.25, -0.2) is 0 Å². The summed E-state index contributed by atoms with van der Waals surface area (Å²) in [7, 11) is 0. The molecule has 1 aromatic carbocycles. The van der Waals surface area contributed by atoms with Crippen LogP contribution in [0, 0.1) is 0 Å². The third-order valence-electron chi connectivity index (χ3n) is 1.80. The minimum atomic E-state index is -0.131. The Morgan fingerprint density at radius 2 is 1.88 bits per heavy atom. The monoisotopic (exact) mass is 316 g/mol. The van der Waals surface area contributed by atoms with Crippen LogP contribution in [0.1, 0.15) is 10.6 Å². The summed E-state index contributed by atoms with van der Waals surface area (Å²) < 4.78 is 5.71. The molecule has 1 aromatic heterocycles. The van der Waals surface area contributed by atoms with Gasteiger partial charge in [-0.1, -0.05) is 11.6 Å². The fraction of sp³-hybridized carbons (Fsp3) is 0. The minimum Gasteiger partial charge on any atom is -0.445 e. The number of carbonyl (C=O) groups is 1. The number of hydrogen-bond acceptors (Lipinski definition) is 3. The molecule has 0 bridgehead atoms. The molecule has 0 fully saturated rings. The summed E-state index contributed by atoms with van der Waals surface area (Å²) in [6.07, 6.45) is 0. The highest BCUT2D eigenvalue weighted by molar-refractivity contribution is 9.10. The maximum Gasteiger partial charge on any atom is 0.259 e. The van der Waals surface area contributed by atoms with Gasteiger partial charge in [-0.05, 0) is 64.1 Å². The Hall–Kier alpha value is -0.710. The van der Waals surface area contributed by atoms with Crippen molar-refractivity contribution >= 4 is 44.4 Å². The van der Waals surface area contributed by atoms with Crippen LogP contribution in [0.15, 0.2) is 50.4 Å². The third kappa shape index (κ3) is 2.90. The van der Waals surface area contributed by atoms with Crippen molar-refractivity contribution in [3.05, 3.63) is 51.9 Å². The van der Waals surface area contributed by atoms with E-state index in [1.807, 2.05) is 0 Å². The van der Waals surface area contributed by atoms with Crippen LogP contribution in [0.4, 0.5) is 0 Å². The van der Waals surface area contributed by atoms with Crippen molar-refractivity contribution in [3.63, 3.8) is 0 Å².